The quantitative estimate of drug-likeness (QED) is 0.589. The number of hydrogen-bond acceptors (Lipinski definition) is 4. The SMILES string of the molecule is C/C=C/CCNC(=O)CN(C)c1ncccn1. The summed E-state index contributed by atoms with van der Waals surface area (Å²) in [6, 6.07) is 1.74. The molecule has 0 atom stereocenters. The van der Waals surface area contributed by atoms with Gasteiger partial charge in [0.1, 0.15) is 0 Å². The summed E-state index contributed by atoms with van der Waals surface area (Å²) >= 11 is 0. The minimum Gasteiger partial charge on any atom is -0.354 e. The third-order valence-corrected chi connectivity index (χ3v) is 2.14. The summed E-state index contributed by atoms with van der Waals surface area (Å²) in [6.45, 7) is 2.88. The Morgan fingerprint density at radius 2 is 2.18 bits per heavy atom. The minimum absolute atomic E-state index is 0.0237. The zero-order valence-electron chi connectivity index (χ0n) is 10.3. The van der Waals surface area contributed by atoms with Gasteiger partial charge in [0, 0.05) is 26.0 Å². The summed E-state index contributed by atoms with van der Waals surface area (Å²) in [7, 11) is 1.79. The molecule has 0 aliphatic heterocycles. The number of allylic oxidation sites excluding steroid dienone is 1. The molecule has 5 nitrogen and oxygen atoms in total. The molecule has 0 aliphatic carbocycles. The predicted molar refractivity (Wildman–Crippen MR) is 67.7 cm³/mol. The Kier molecular flexibility index (Phi) is 5.71. The van der Waals surface area contributed by atoms with E-state index in [2.05, 4.69) is 15.3 Å². The van der Waals surface area contributed by atoms with Crippen molar-refractivity contribution < 1.29 is 4.79 Å². The van der Waals surface area contributed by atoms with Crippen molar-refractivity contribution in [3.8, 4) is 0 Å². The summed E-state index contributed by atoms with van der Waals surface area (Å²) < 4.78 is 0. The molecule has 0 fully saturated rings. The Balaban J connectivity index is 2.31. The van der Waals surface area contributed by atoms with E-state index in [4.69, 9.17) is 0 Å². The largest absolute Gasteiger partial charge is 0.354 e. The summed E-state index contributed by atoms with van der Waals surface area (Å²) in [6.07, 6.45) is 8.15. The molecule has 17 heavy (non-hydrogen) atoms. The fourth-order valence-electron chi connectivity index (χ4n) is 1.29. The fraction of sp³-hybridized carbons (Fsp3) is 0.417. The number of rotatable bonds is 6. The van der Waals surface area contributed by atoms with E-state index in [1.54, 1.807) is 30.4 Å². The highest BCUT2D eigenvalue weighted by Crippen LogP contribution is 2.00. The van der Waals surface area contributed by atoms with Crippen LogP contribution in [0.4, 0.5) is 5.95 Å². The second kappa shape index (κ2) is 7.38. The van der Waals surface area contributed by atoms with Crippen LogP contribution in [-0.2, 0) is 4.79 Å². The topological polar surface area (TPSA) is 58.1 Å². The van der Waals surface area contributed by atoms with Crippen molar-refractivity contribution in [1.82, 2.24) is 15.3 Å². The number of hydrogen-bond donors (Lipinski definition) is 1. The Morgan fingerprint density at radius 1 is 1.47 bits per heavy atom. The fourth-order valence-corrected chi connectivity index (χ4v) is 1.29. The van der Waals surface area contributed by atoms with E-state index in [-0.39, 0.29) is 12.5 Å². The number of anilines is 1. The van der Waals surface area contributed by atoms with E-state index in [0.717, 1.165) is 6.42 Å². The van der Waals surface area contributed by atoms with Gasteiger partial charge in [-0.15, -0.1) is 0 Å². The van der Waals surface area contributed by atoms with Crippen LogP contribution in [0.25, 0.3) is 0 Å². The van der Waals surface area contributed by atoms with Crippen LogP contribution >= 0.6 is 0 Å². The predicted octanol–water partition coefficient (Wildman–Crippen LogP) is 0.995. The number of likely N-dealkylation sites (N-methyl/N-ethyl adjacent to an activating group) is 1. The van der Waals surface area contributed by atoms with Crippen LogP contribution in [0.15, 0.2) is 30.6 Å². The second-order valence-electron chi connectivity index (χ2n) is 3.61. The summed E-state index contributed by atoms with van der Waals surface area (Å²) in [4.78, 5) is 21.4. The third kappa shape index (κ3) is 5.10. The molecule has 0 saturated carbocycles. The lowest BCUT2D eigenvalue weighted by atomic mass is 10.4. The monoisotopic (exact) mass is 234 g/mol. The molecule has 5 heteroatoms. The molecule has 0 spiro atoms. The van der Waals surface area contributed by atoms with E-state index in [9.17, 15) is 4.79 Å². The van der Waals surface area contributed by atoms with Crippen LogP contribution in [-0.4, -0.2) is 36.0 Å². The van der Waals surface area contributed by atoms with Crippen molar-refractivity contribution >= 4 is 11.9 Å². The molecule has 0 aromatic carbocycles. The highest BCUT2D eigenvalue weighted by atomic mass is 16.2. The lowest BCUT2D eigenvalue weighted by Gasteiger charge is -2.15. The highest BCUT2D eigenvalue weighted by Gasteiger charge is 2.07. The van der Waals surface area contributed by atoms with Crippen LogP contribution in [0.5, 0.6) is 0 Å². The summed E-state index contributed by atoms with van der Waals surface area (Å²) in [5.74, 6) is 0.528. The molecule has 92 valence electrons. The second-order valence-corrected chi connectivity index (χ2v) is 3.61. The van der Waals surface area contributed by atoms with Gasteiger partial charge < -0.3 is 10.2 Å². The molecular formula is C12H18N4O. The third-order valence-electron chi connectivity index (χ3n) is 2.14. The number of nitrogens with one attached hydrogen (secondary N) is 1. The Hall–Kier alpha value is -1.91. The van der Waals surface area contributed by atoms with Gasteiger partial charge in [-0.1, -0.05) is 12.2 Å². The average Bonchev–Trinajstić information content (AvgIpc) is 2.36. The van der Waals surface area contributed by atoms with Crippen molar-refractivity contribution in [1.29, 1.82) is 0 Å². The van der Waals surface area contributed by atoms with Crippen LogP contribution in [0, 0.1) is 0 Å². The van der Waals surface area contributed by atoms with Gasteiger partial charge in [0.05, 0.1) is 6.54 Å². The van der Waals surface area contributed by atoms with Gasteiger partial charge in [0.25, 0.3) is 0 Å². The molecule has 1 N–H and O–H groups in total. The van der Waals surface area contributed by atoms with Gasteiger partial charge in [-0.25, -0.2) is 9.97 Å². The summed E-state index contributed by atoms with van der Waals surface area (Å²) in [5.41, 5.74) is 0. The van der Waals surface area contributed by atoms with E-state index < -0.39 is 0 Å². The van der Waals surface area contributed by atoms with Crippen LogP contribution < -0.4 is 10.2 Å². The minimum atomic E-state index is -0.0237. The van der Waals surface area contributed by atoms with Crippen molar-refractivity contribution in [2.24, 2.45) is 0 Å². The lowest BCUT2D eigenvalue weighted by Crippen LogP contribution is -2.36. The van der Waals surface area contributed by atoms with Gasteiger partial charge in [0.2, 0.25) is 11.9 Å². The number of carbonyl (C=O) groups excluding carboxylic acids is 1. The Morgan fingerprint density at radius 3 is 2.82 bits per heavy atom. The maximum Gasteiger partial charge on any atom is 0.239 e. The number of carbonyl (C=O) groups is 1. The van der Waals surface area contributed by atoms with Crippen molar-refractivity contribution in [3.63, 3.8) is 0 Å². The molecule has 0 aliphatic rings. The van der Waals surface area contributed by atoms with Crippen molar-refractivity contribution in [2.45, 2.75) is 13.3 Å². The molecule has 0 saturated heterocycles. The Bertz CT molecular complexity index is 364. The highest BCUT2D eigenvalue weighted by molar-refractivity contribution is 5.80. The van der Waals surface area contributed by atoms with Gasteiger partial charge in [-0.2, -0.15) is 0 Å². The standard InChI is InChI=1S/C12H18N4O/c1-3-4-5-7-13-11(17)10-16(2)12-14-8-6-9-15-12/h3-4,6,8-9H,5,7,10H2,1-2H3,(H,13,17)/b4-3+. The number of aromatic nitrogens is 2. The molecule has 0 unspecified atom stereocenters. The van der Waals surface area contributed by atoms with Crippen molar-refractivity contribution in [2.75, 3.05) is 25.0 Å². The normalized spacial score (nSPS) is 10.5. The lowest BCUT2D eigenvalue weighted by molar-refractivity contribution is -0.119. The van der Waals surface area contributed by atoms with Gasteiger partial charge >= 0.3 is 0 Å². The average molecular weight is 234 g/mol. The Labute approximate surface area is 102 Å². The van der Waals surface area contributed by atoms with E-state index in [0.29, 0.717) is 12.5 Å². The van der Waals surface area contributed by atoms with Crippen LogP contribution in [0.2, 0.25) is 0 Å². The molecule has 0 bridgehead atoms. The number of amides is 1. The smallest absolute Gasteiger partial charge is 0.239 e. The maximum atomic E-state index is 11.6. The van der Waals surface area contributed by atoms with Crippen LogP contribution in [0.1, 0.15) is 13.3 Å². The first-order valence-electron chi connectivity index (χ1n) is 5.60. The molecule has 1 heterocycles. The van der Waals surface area contributed by atoms with Gasteiger partial charge in [-0.3, -0.25) is 4.79 Å². The molecule has 1 rings (SSSR count). The molecular weight excluding hydrogens is 216 g/mol. The van der Waals surface area contributed by atoms with Gasteiger partial charge in [-0.05, 0) is 19.4 Å². The zero-order chi connectivity index (χ0) is 12.5. The molecule has 1 amide bonds. The first-order chi connectivity index (χ1) is 8.24. The van der Waals surface area contributed by atoms with Crippen LogP contribution in [0.3, 0.4) is 0 Å². The first-order valence-corrected chi connectivity index (χ1v) is 5.60. The van der Waals surface area contributed by atoms with E-state index in [1.165, 1.54) is 0 Å². The molecule has 1 aromatic rings. The first kappa shape index (κ1) is 13.2. The summed E-state index contributed by atoms with van der Waals surface area (Å²) in [5, 5.41) is 2.83. The number of nitrogens with zero attached hydrogens (tertiary/aromatic N) is 3. The van der Waals surface area contributed by atoms with E-state index in [1.807, 2.05) is 19.1 Å². The molecule has 0 radical (unpaired) electrons. The van der Waals surface area contributed by atoms with Gasteiger partial charge in [0.15, 0.2) is 0 Å². The zero-order valence-corrected chi connectivity index (χ0v) is 10.3. The maximum absolute atomic E-state index is 11.6. The van der Waals surface area contributed by atoms with E-state index >= 15 is 0 Å². The molecule has 1 aromatic heterocycles. The van der Waals surface area contributed by atoms with Crippen molar-refractivity contribution in [3.05, 3.63) is 30.6 Å².